The number of H-pyrrole nitrogens is 1. The maximum Gasteiger partial charge on any atom is 0.137 e. The van der Waals surface area contributed by atoms with Gasteiger partial charge in [0.05, 0.1) is 0 Å². The number of hydrogen-bond donors (Lipinski definition) is 1. The SMILES string of the molecule is CC12C=c3[nH]c4cc5ccccc5cc4c3=CC1c1ccccc1O2. The molecule has 2 aliphatic rings. The summed E-state index contributed by atoms with van der Waals surface area (Å²) in [7, 11) is 0. The Labute approximate surface area is 145 Å². The van der Waals surface area contributed by atoms with E-state index in [2.05, 4.69) is 78.7 Å². The molecule has 2 unspecified atom stereocenters. The summed E-state index contributed by atoms with van der Waals surface area (Å²) >= 11 is 0. The van der Waals surface area contributed by atoms with E-state index in [1.165, 1.54) is 32.5 Å². The summed E-state index contributed by atoms with van der Waals surface area (Å²) in [4.78, 5) is 3.61. The Morgan fingerprint density at radius 2 is 1.72 bits per heavy atom. The van der Waals surface area contributed by atoms with Crippen LogP contribution in [0, 0.1) is 0 Å². The van der Waals surface area contributed by atoms with Gasteiger partial charge in [-0.2, -0.15) is 0 Å². The summed E-state index contributed by atoms with van der Waals surface area (Å²) in [5.74, 6) is 1.25. The number of aromatic nitrogens is 1. The average molecular weight is 323 g/mol. The molecule has 0 saturated carbocycles. The minimum atomic E-state index is -0.322. The molecule has 2 atom stereocenters. The van der Waals surface area contributed by atoms with Crippen molar-refractivity contribution in [2.24, 2.45) is 0 Å². The first kappa shape index (κ1) is 13.3. The van der Waals surface area contributed by atoms with E-state index >= 15 is 0 Å². The highest BCUT2D eigenvalue weighted by atomic mass is 16.5. The van der Waals surface area contributed by atoms with E-state index in [4.69, 9.17) is 4.74 Å². The van der Waals surface area contributed by atoms with E-state index < -0.39 is 0 Å². The summed E-state index contributed by atoms with van der Waals surface area (Å²) in [6.45, 7) is 2.18. The Kier molecular flexibility index (Phi) is 2.31. The highest BCUT2D eigenvalue weighted by Gasteiger charge is 2.43. The van der Waals surface area contributed by atoms with Crippen LogP contribution in [0.4, 0.5) is 0 Å². The molecule has 0 spiro atoms. The van der Waals surface area contributed by atoms with Crippen LogP contribution in [0.1, 0.15) is 18.4 Å². The van der Waals surface area contributed by atoms with Crippen molar-refractivity contribution in [1.29, 1.82) is 0 Å². The molecule has 0 bridgehead atoms. The lowest BCUT2D eigenvalue weighted by Gasteiger charge is -2.27. The normalized spacial score (nSPS) is 23.3. The van der Waals surface area contributed by atoms with Gasteiger partial charge in [0.2, 0.25) is 0 Å². The molecule has 1 aliphatic carbocycles. The van der Waals surface area contributed by atoms with Crippen LogP contribution in [-0.2, 0) is 0 Å². The van der Waals surface area contributed by atoms with E-state index in [0.29, 0.717) is 0 Å². The lowest BCUT2D eigenvalue weighted by atomic mass is 9.82. The predicted molar refractivity (Wildman–Crippen MR) is 102 cm³/mol. The van der Waals surface area contributed by atoms with Crippen molar-refractivity contribution in [2.45, 2.75) is 18.4 Å². The van der Waals surface area contributed by atoms with E-state index in [0.717, 1.165) is 11.1 Å². The van der Waals surface area contributed by atoms with Crippen molar-refractivity contribution in [1.82, 2.24) is 4.98 Å². The van der Waals surface area contributed by atoms with Gasteiger partial charge in [-0.1, -0.05) is 48.5 Å². The van der Waals surface area contributed by atoms with Crippen LogP contribution < -0.4 is 15.3 Å². The topological polar surface area (TPSA) is 25.0 Å². The summed E-state index contributed by atoms with van der Waals surface area (Å²) in [6, 6.07) is 21.5. The third-order valence-corrected chi connectivity index (χ3v) is 5.70. The number of para-hydroxylation sites is 1. The van der Waals surface area contributed by atoms with Gasteiger partial charge in [0, 0.05) is 33.0 Å². The van der Waals surface area contributed by atoms with E-state index in [1.54, 1.807) is 0 Å². The van der Waals surface area contributed by atoms with E-state index in [9.17, 15) is 0 Å². The molecular weight excluding hydrogens is 306 g/mol. The predicted octanol–water partition coefficient (Wildman–Crippen LogP) is 3.83. The standard InChI is InChI=1S/C23H17NO/c1-23-13-21-18(12-19(23)16-8-4-5-9-22(16)25-23)17-10-14-6-2-3-7-15(14)11-20(17)24-21/h2-13,19,24H,1H3. The van der Waals surface area contributed by atoms with Gasteiger partial charge in [0.25, 0.3) is 0 Å². The van der Waals surface area contributed by atoms with Gasteiger partial charge in [0.15, 0.2) is 0 Å². The summed E-state index contributed by atoms with van der Waals surface area (Å²) < 4.78 is 6.32. The maximum atomic E-state index is 6.32. The van der Waals surface area contributed by atoms with Crippen molar-refractivity contribution < 1.29 is 4.74 Å². The van der Waals surface area contributed by atoms with Crippen LogP contribution in [0.15, 0.2) is 60.7 Å². The Hall–Kier alpha value is -3.00. The largest absolute Gasteiger partial charge is 0.482 e. The number of ether oxygens (including phenoxy) is 1. The van der Waals surface area contributed by atoms with Crippen molar-refractivity contribution in [3.63, 3.8) is 0 Å². The zero-order chi connectivity index (χ0) is 16.6. The smallest absolute Gasteiger partial charge is 0.137 e. The quantitative estimate of drug-likeness (QED) is 0.523. The Balaban J connectivity index is 1.71. The first-order valence-electron chi connectivity index (χ1n) is 8.74. The van der Waals surface area contributed by atoms with Gasteiger partial charge in [-0.25, -0.2) is 0 Å². The highest BCUT2D eigenvalue weighted by molar-refractivity contribution is 5.97. The Morgan fingerprint density at radius 1 is 0.960 bits per heavy atom. The van der Waals surface area contributed by atoms with Crippen LogP contribution in [-0.4, -0.2) is 10.6 Å². The molecule has 25 heavy (non-hydrogen) atoms. The number of benzene rings is 3. The molecule has 0 radical (unpaired) electrons. The zero-order valence-corrected chi connectivity index (χ0v) is 13.9. The van der Waals surface area contributed by atoms with Gasteiger partial charge in [0.1, 0.15) is 11.4 Å². The van der Waals surface area contributed by atoms with Crippen LogP contribution in [0.3, 0.4) is 0 Å². The number of fused-ring (bicyclic) bond motifs is 7. The summed E-state index contributed by atoms with van der Waals surface area (Å²) in [5, 5.41) is 6.29. The van der Waals surface area contributed by atoms with Gasteiger partial charge in [-0.15, -0.1) is 0 Å². The zero-order valence-electron chi connectivity index (χ0n) is 13.9. The summed E-state index contributed by atoms with van der Waals surface area (Å²) in [5.41, 5.74) is 2.15. The second-order valence-electron chi connectivity index (χ2n) is 7.31. The van der Waals surface area contributed by atoms with Crippen LogP contribution in [0.25, 0.3) is 33.8 Å². The molecule has 2 heteroatoms. The fourth-order valence-electron chi connectivity index (χ4n) is 4.48. The second-order valence-corrected chi connectivity index (χ2v) is 7.31. The van der Waals surface area contributed by atoms with Crippen LogP contribution >= 0.6 is 0 Å². The number of aromatic amines is 1. The molecule has 120 valence electrons. The highest BCUT2D eigenvalue weighted by Crippen LogP contribution is 2.47. The minimum Gasteiger partial charge on any atom is -0.482 e. The molecule has 1 aromatic heterocycles. The molecule has 4 aromatic rings. The monoisotopic (exact) mass is 323 g/mol. The van der Waals surface area contributed by atoms with E-state index in [-0.39, 0.29) is 11.5 Å². The molecule has 0 amide bonds. The van der Waals surface area contributed by atoms with Crippen LogP contribution in [0.2, 0.25) is 0 Å². The van der Waals surface area contributed by atoms with Crippen molar-refractivity contribution in [3.05, 3.63) is 76.8 Å². The minimum absolute atomic E-state index is 0.252. The van der Waals surface area contributed by atoms with Crippen LogP contribution in [0.5, 0.6) is 5.75 Å². The molecule has 1 aliphatic heterocycles. The average Bonchev–Trinajstić information content (AvgIpc) is 3.10. The molecule has 3 aromatic carbocycles. The molecule has 2 nitrogen and oxygen atoms in total. The maximum absolute atomic E-state index is 6.32. The molecular formula is C23H17NO. The van der Waals surface area contributed by atoms with E-state index in [1.807, 2.05) is 6.07 Å². The van der Waals surface area contributed by atoms with Gasteiger partial charge in [-0.05, 0) is 42.0 Å². The molecule has 1 N–H and O–H groups in total. The van der Waals surface area contributed by atoms with Gasteiger partial charge in [-0.3, -0.25) is 0 Å². The molecule has 0 saturated heterocycles. The molecule has 0 fully saturated rings. The lowest BCUT2D eigenvalue weighted by molar-refractivity contribution is 0.176. The fourth-order valence-corrected chi connectivity index (χ4v) is 4.48. The first-order valence-corrected chi connectivity index (χ1v) is 8.74. The van der Waals surface area contributed by atoms with Gasteiger partial charge < -0.3 is 9.72 Å². The third-order valence-electron chi connectivity index (χ3n) is 5.70. The van der Waals surface area contributed by atoms with Crippen molar-refractivity contribution in [3.8, 4) is 5.75 Å². The Bertz CT molecular complexity index is 1300. The molecule has 6 rings (SSSR count). The first-order chi connectivity index (χ1) is 12.2. The van der Waals surface area contributed by atoms with Gasteiger partial charge >= 0.3 is 0 Å². The van der Waals surface area contributed by atoms with Crippen molar-refractivity contribution >= 4 is 33.8 Å². The number of hydrogen-bond acceptors (Lipinski definition) is 1. The Morgan fingerprint density at radius 3 is 2.60 bits per heavy atom. The second kappa shape index (κ2) is 4.34. The third kappa shape index (κ3) is 1.69. The summed E-state index contributed by atoms with van der Waals surface area (Å²) in [6.07, 6.45) is 4.65. The fraction of sp³-hybridized carbons (Fsp3) is 0.130. The van der Waals surface area contributed by atoms with Crippen molar-refractivity contribution in [2.75, 3.05) is 0 Å². The molecule has 2 heterocycles. The number of nitrogens with one attached hydrogen (secondary N) is 1. The lowest BCUT2D eigenvalue weighted by Crippen LogP contribution is -2.41. The number of rotatable bonds is 0.